The van der Waals surface area contributed by atoms with Crippen molar-refractivity contribution < 1.29 is 19.1 Å². The van der Waals surface area contributed by atoms with Crippen LogP contribution in [0.4, 0.5) is 0 Å². The summed E-state index contributed by atoms with van der Waals surface area (Å²) in [6, 6.07) is 8.90. The Morgan fingerprint density at radius 1 is 1.10 bits per heavy atom. The van der Waals surface area contributed by atoms with Crippen LogP contribution < -0.4 is 0 Å². The van der Waals surface area contributed by atoms with E-state index in [1.54, 1.807) is 31.2 Å². The number of esters is 2. The van der Waals surface area contributed by atoms with Gasteiger partial charge in [-0.1, -0.05) is 51.1 Å². The van der Waals surface area contributed by atoms with Crippen molar-refractivity contribution >= 4 is 34.5 Å². The molecule has 2 unspecified atom stereocenters. The highest BCUT2D eigenvalue weighted by atomic mass is 127. The van der Waals surface area contributed by atoms with E-state index in [1.807, 2.05) is 42.5 Å². The molecular weight excluding hydrogens is 371 g/mol. The van der Waals surface area contributed by atoms with Crippen molar-refractivity contribution in [2.24, 2.45) is 11.8 Å². The van der Waals surface area contributed by atoms with Gasteiger partial charge in [-0.05, 0) is 28.5 Å². The third-order valence-electron chi connectivity index (χ3n) is 3.12. The maximum atomic E-state index is 12.0. The molecule has 1 aromatic rings. The van der Waals surface area contributed by atoms with Gasteiger partial charge in [0.05, 0.1) is 5.92 Å². The number of hydrogen-bond donors (Lipinski definition) is 0. The Balaban J connectivity index is 2.89. The molecule has 0 amide bonds. The van der Waals surface area contributed by atoms with Crippen LogP contribution in [0, 0.1) is 11.8 Å². The summed E-state index contributed by atoms with van der Waals surface area (Å²) in [6.45, 7) is 5.66. The molecule has 0 saturated carbocycles. The normalized spacial score (nSPS) is 13.7. The summed E-state index contributed by atoms with van der Waals surface area (Å²) >= 11 is 1.93. The number of halogens is 1. The Labute approximate surface area is 133 Å². The summed E-state index contributed by atoms with van der Waals surface area (Å²) in [5.41, 5.74) is 0.617. The minimum absolute atomic E-state index is 0.152. The summed E-state index contributed by atoms with van der Waals surface area (Å²) in [7, 11) is 0. The van der Waals surface area contributed by atoms with Crippen LogP contribution in [0.15, 0.2) is 30.3 Å². The Kier molecular flexibility index (Phi) is 6.98. The number of carbonyl (C=O) groups excluding carboxylic acids is 2. The maximum absolute atomic E-state index is 12.0. The van der Waals surface area contributed by atoms with Gasteiger partial charge in [-0.3, -0.25) is 4.79 Å². The van der Waals surface area contributed by atoms with Crippen LogP contribution in [-0.2, 0) is 19.1 Å². The molecule has 0 aliphatic carbocycles. The van der Waals surface area contributed by atoms with Crippen molar-refractivity contribution in [1.29, 1.82) is 0 Å². The molecule has 4 nitrogen and oxygen atoms in total. The number of carbonyl (C=O) groups is 2. The first kappa shape index (κ1) is 16.9. The SMILES string of the molecule is CC(C)C(C)C(=O)OC(C(=O)OCI)c1ccccc1. The van der Waals surface area contributed by atoms with Gasteiger partial charge >= 0.3 is 11.9 Å². The number of ether oxygens (including phenoxy) is 2. The van der Waals surface area contributed by atoms with E-state index in [9.17, 15) is 9.59 Å². The lowest BCUT2D eigenvalue weighted by Gasteiger charge is -2.20. The van der Waals surface area contributed by atoms with E-state index in [0.29, 0.717) is 5.56 Å². The van der Waals surface area contributed by atoms with Crippen molar-refractivity contribution in [2.45, 2.75) is 26.9 Å². The molecule has 1 rings (SSSR count). The second kappa shape index (κ2) is 8.24. The predicted octanol–water partition coefficient (Wildman–Crippen LogP) is 3.50. The molecular formula is C15H19IO4. The van der Waals surface area contributed by atoms with E-state index in [0.717, 1.165) is 0 Å². The first-order chi connectivity index (χ1) is 9.47. The zero-order valence-electron chi connectivity index (χ0n) is 11.8. The second-order valence-electron chi connectivity index (χ2n) is 4.83. The van der Waals surface area contributed by atoms with Gasteiger partial charge < -0.3 is 9.47 Å². The molecule has 0 radical (unpaired) electrons. The van der Waals surface area contributed by atoms with Gasteiger partial charge in [-0.2, -0.15) is 0 Å². The molecule has 0 fully saturated rings. The molecule has 1 aromatic carbocycles. The second-order valence-corrected chi connectivity index (χ2v) is 5.46. The number of hydrogen-bond acceptors (Lipinski definition) is 4. The van der Waals surface area contributed by atoms with Gasteiger partial charge in [-0.25, -0.2) is 4.79 Å². The van der Waals surface area contributed by atoms with Crippen molar-refractivity contribution in [1.82, 2.24) is 0 Å². The topological polar surface area (TPSA) is 52.6 Å². The van der Waals surface area contributed by atoms with Crippen molar-refractivity contribution in [2.75, 3.05) is 4.61 Å². The van der Waals surface area contributed by atoms with E-state index in [1.165, 1.54) is 0 Å². The first-order valence-electron chi connectivity index (χ1n) is 6.45. The fourth-order valence-corrected chi connectivity index (χ4v) is 1.81. The van der Waals surface area contributed by atoms with Crippen LogP contribution >= 0.6 is 22.6 Å². The number of alkyl halides is 1. The molecule has 0 bridgehead atoms. The third-order valence-corrected chi connectivity index (χ3v) is 3.43. The Morgan fingerprint density at radius 2 is 1.70 bits per heavy atom. The monoisotopic (exact) mass is 390 g/mol. The summed E-state index contributed by atoms with van der Waals surface area (Å²) in [6.07, 6.45) is -1.00. The van der Waals surface area contributed by atoms with Gasteiger partial charge in [0.25, 0.3) is 0 Å². The Bertz CT molecular complexity index is 444. The van der Waals surface area contributed by atoms with Crippen molar-refractivity contribution in [3.63, 3.8) is 0 Å². The van der Waals surface area contributed by atoms with Crippen molar-refractivity contribution in [3.8, 4) is 0 Å². The summed E-state index contributed by atoms with van der Waals surface area (Å²) in [5.74, 6) is -1.05. The molecule has 0 N–H and O–H groups in total. The summed E-state index contributed by atoms with van der Waals surface area (Å²) < 4.78 is 10.5. The van der Waals surface area contributed by atoms with Gasteiger partial charge in [0, 0.05) is 5.56 Å². The highest BCUT2D eigenvalue weighted by molar-refractivity contribution is 14.1. The van der Waals surface area contributed by atoms with Crippen LogP contribution in [0.3, 0.4) is 0 Å². The van der Waals surface area contributed by atoms with Gasteiger partial charge in [0.15, 0.2) is 0 Å². The lowest BCUT2D eigenvalue weighted by atomic mass is 9.98. The quantitative estimate of drug-likeness (QED) is 0.424. The van der Waals surface area contributed by atoms with E-state index in [2.05, 4.69) is 0 Å². The lowest BCUT2D eigenvalue weighted by Crippen LogP contribution is -2.26. The number of rotatable bonds is 6. The molecule has 0 spiro atoms. The van der Waals surface area contributed by atoms with Crippen LogP contribution in [0.1, 0.15) is 32.4 Å². The first-order valence-corrected chi connectivity index (χ1v) is 7.98. The van der Waals surface area contributed by atoms with E-state index >= 15 is 0 Å². The van der Waals surface area contributed by atoms with E-state index < -0.39 is 12.1 Å². The van der Waals surface area contributed by atoms with Crippen molar-refractivity contribution in [3.05, 3.63) is 35.9 Å². The minimum Gasteiger partial charge on any atom is -0.452 e. The molecule has 0 heterocycles. The zero-order chi connectivity index (χ0) is 15.1. The highest BCUT2D eigenvalue weighted by Crippen LogP contribution is 2.22. The van der Waals surface area contributed by atoms with Gasteiger partial charge in [0.1, 0.15) is 4.61 Å². The van der Waals surface area contributed by atoms with E-state index in [-0.39, 0.29) is 22.4 Å². The molecule has 0 saturated heterocycles. The standard InChI is InChI=1S/C15H19IO4/c1-10(2)11(3)14(17)20-13(15(18)19-9-16)12-7-5-4-6-8-12/h4-8,10-11,13H,9H2,1-3H3. The molecule has 5 heteroatoms. The van der Waals surface area contributed by atoms with E-state index in [4.69, 9.17) is 9.47 Å². The third kappa shape index (κ3) is 4.77. The molecule has 0 aromatic heterocycles. The average Bonchev–Trinajstić information content (AvgIpc) is 2.44. The fourth-order valence-electron chi connectivity index (χ4n) is 1.51. The smallest absolute Gasteiger partial charge is 0.353 e. The van der Waals surface area contributed by atoms with Gasteiger partial charge in [-0.15, -0.1) is 0 Å². The average molecular weight is 390 g/mol. The van der Waals surface area contributed by atoms with Crippen LogP contribution in [0.2, 0.25) is 0 Å². The van der Waals surface area contributed by atoms with Gasteiger partial charge in [0.2, 0.25) is 6.10 Å². The Morgan fingerprint density at radius 3 is 2.20 bits per heavy atom. The molecule has 20 heavy (non-hydrogen) atoms. The molecule has 110 valence electrons. The fraction of sp³-hybridized carbons (Fsp3) is 0.467. The highest BCUT2D eigenvalue weighted by Gasteiger charge is 2.29. The largest absolute Gasteiger partial charge is 0.452 e. The van der Waals surface area contributed by atoms with Crippen LogP contribution in [0.5, 0.6) is 0 Å². The molecule has 0 aliphatic heterocycles. The maximum Gasteiger partial charge on any atom is 0.353 e. The number of benzene rings is 1. The molecule has 2 atom stereocenters. The summed E-state index contributed by atoms with van der Waals surface area (Å²) in [4.78, 5) is 24.0. The minimum atomic E-state index is -1.00. The van der Waals surface area contributed by atoms with Crippen LogP contribution in [-0.4, -0.2) is 16.6 Å². The summed E-state index contributed by atoms with van der Waals surface area (Å²) in [5, 5.41) is 0. The molecule has 0 aliphatic rings. The zero-order valence-corrected chi connectivity index (χ0v) is 14.0. The predicted molar refractivity (Wildman–Crippen MR) is 84.3 cm³/mol. The Hall–Kier alpha value is -1.11. The lowest BCUT2D eigenvalue weighted by molar-refractivity contribution is -0.170. The van der Waals surface area contributed by atoms with Crippen LogP contribution in [0.25, 0.3) is 0 Å².